The van der Waals surface area contributed by atoms with Crippen molar-refractivity contribution < 1.29 is 9.53 Å². The van der Waals surface area contributed by atoms with Crippen molar-refractivity contribution in [3.63, 3.8) is 0 Å². The van der Waals surface area contributed by atoms with Crippen molar-refractivity contribution in [2.45, 2.75) is 17.9 Å². The fourth-order valence-electron chi connectivity index (χ4n) is 2.01. The van der Waals surface area contributed by atoms with Crippen LogP contribution in [-0.4, -0.2) is 30.6 Å². The minimum atomic E-state index is -0.657. The Balaban J connectivity index is 2.20. The second kappa shape index (κ2) is 3.62. The molecule has 15 heavy (non-hydrogen) atoms. The molecule has 0 aromatic carbocycles. The molecule has 1 aromatic rings. The van der Waals surface area contributed by atoms with E-state index in [0.29, 0.717) is 0 Å². The van der Waals surface area contributed by atoms with Crippen LogP contribution in [0.1, 0.15) is 17.9 Å². The highest BCUT2D eigenvalue weighted by Gasteiger charge is 2.61. The number of pyridine rings is 1. The topological polar surface area (TPSA) is 51.2 Å². The first-order valence-corrected chi connectivity index (χ1v) is 4.92. The van der Waals surface area contributed by atoms with Gasteiger partial charge in [-0.1, -0.05) is 0 Å². The van der Waals surface area contributed by atoms with E-state index in [9.17, 15) is 4.79 Å². The van der Waals surface area contributed by atoms with Crippen LogP contribution in [0, 0.1) is 0 Å². The summed E-state index contributed by atoms with van der Waals surface area (Å²) in [6, 6.07) is 3.85. The summed E-state index contributed by atoms with van der Waals surface area (Å²) >= 11 is 0. The van der Waals surface area contributed by atoms with Crippen molar-refractivity contribution in [1.82, 2.24) is 10.3 Å². The molecule has 2 atom stereocenters. The van der Waals surface area contributed by atoms with Gasteiger partial charge in [-0.15, -0.1) is 0 Å². The quantitative estimate of drug-likeness (QED) is 0.792. The van der Waals surface area contributed by atoms with Gasteiger partial charge in [0.2, 0.25) is 0 Å². The van der Waals surface area contributed by atoms with E-state index in [1.54, 1.807) is 26.6 Å². The Kier molecular flexibility index (Phi) is 2.44. The zero-order valence-corrected chi connectivity index (χ0v) is 8.86. The molecule has 1 heterocycles. The molecule has 80 valence electrons. The first kappa shape index (κ1) is 10.1. The summed E-state index contributed by atoms with van der Waals surface area (Å²) in [5.74, 6) is 0.109. The molecule has 4 heteroatoms. The number of nitrogens with one attached hydrogen (secondary N) is 1. The normalized spacial score (nSPS) is 28.5. The Morgan fingerprint density at radius 3 is 2.80 bits per heavy atom. The minimum Gasteiger partial charge on any atom is -0.368 e. The Morgan fingerprint density at radius 1 is 1.60 bits per heavy atom. The van der Waals surface area contributed by atoms with E-state index in [4.69, 9.17) is 4.74 Å². The molecule has 2 unspecified atom stereocenters. The van der Waals surface area contributed by atoms with Crippen molar-refractivity contribution in [3.8, 4) is 0 Å². The van der Waals surface area contributed by atoms with E-state index in [-0.39, 0.29) is 11.8 Å². The molecule has 1 amide bonds. The number of amides is 1. The van der Waals surface area contributed by atoms with Gasteiger partial charge in [-0.05, 0) is 24.1 Å². The highest BCUT2D eigenvalue weighted by atomic mass is 16.5. The van der Waals surface area contributed by atoms with Crippen LogP contribution in [0.5, 0.6) is 0 Å². The van der Waals surface area contributed by atoms with Crippen molar-refractivity contribution in [2.24, 2.45) is 0 Å². The van der Waals surface area contributed by atoms with Crippen LogP contribution in [-0.2, 0) is 9.53 Å². The predicted molar refractivity (Wildman–Crippen MR) is 55.4 cm³/mol. The summed E-state index contributed by atoms with van der Waals surface area (Å²) in [5.41, 5.74) is 0.450. The van der Waals surface area contributed by atoms with Gasteiger partial charge < -0.3 is 10.1 Å². The van der Waals surface area contributed by atoms with Crippen LogP contribution < -0.4 is 5.32 Å². The number of ether oxygens (including phenoxy) is 1. The first-order valence-electron chi connectivity index (χ1n) is 4.92. The van der Waals surface area contributed by atoms with Crippen LogP contribution >= 0.6 is 0 Å². The second-order valence-electron chi connectivity index (χ2n) is 3.71. The van der Waals surface area contributed by atoms with Gasteiger partial charge >= 0.3 is 0 Å². The fourth-order valence-corrected chi connectivity index (χ4v) is 2.01. The third-order valence-corrected chi connectivity index (χ3v) is 2.99. The van der Waals surface area contributed by atoms with Gasteiger partial charge in [-0.25, -0.2) is 0 Å². The summed E-state index contributed by atoms with van der Waals surface area (Å²) in [6.07, 6.45) is 4.21. The maximum atomic E-state index is 11.7. The van der Waals surface area contributed by atoms with E-state index in [0.717, 1.165) is 12.0 Å². The summed E-state index contributed by atoms with van der Waals surface area (Å²) in [6.45, 7) is 0. The van der Waals surface area contributed by atoms with E-state index in [1.165, 1.54) is 0 Å². The van der Waals surface area contributed by atoms with Gasteiger partial charge in [0.05, 0.1) is 0 Å². The van der Waals surface area contributed by atoms with Gasteiger partial charge in [0.1, 0.15) is 0 Å². The molecule has 2 rings (SSSR count). The number of carbonyl (C=O) groups is 1. The van der Waals surface area contributed by atoms with Crippen LogP contribution in [0.2, 0.25) is 0 Å². The molecule has 0 radical (unpaired) electrons. The molecular formula is C11H14N2O2. The number of carbonyl (C=O) groups excluding carboxylic acids is 1. The Labute approximate surface area is 88.7 Å². The zero-order valence-electron chi connectivity index (χ0n) is 8.86. The zero-order chi connectivity index (χ0) is 10.9. The number of nitrogens with zero attached hydrogens (tertiary/aromatic N) is 1. The molecule has 1 aliphatic rings. The highest BCUT2D eigenvalue weighted by molar-refractivity contribution is 5.90. The monoisotopic (exact) mass is 206 g/mol. The maximum absolute atomic E-state index is 11.7. The minimum absolute atomic E-state index is 0.0492. The van der Waals surface area contributed by atoms with Crippen LogP contribution in [0.15, 0.2) is 24.5 Å². The average molecular weight is 206 g/mol. The average Bonchev–Trinajstić information content (AvgIpc) is 3.05. The second-order valence-corrected chi connectivity index (χ2v) is 3.71. The number of hydrogen-bond acceptors (Lipinski definition) is 3. The molecule has 0 bridgehead atoms. The number of methoxy groups -OCH3 is 1. The molecule has 1 aliphatic carbocycles. The molecule has 4 nitrogen and oxygen atoms in total. The summed E-state index contributed by atoms with van der Waals surface area (Å²) in [7, 11) is 3.21. The van der Waals surface area contributed by atoms with Crippen molar-refractivity contribution in [1.29, 1.82) is 0 Å². The van der Waals surface area contributed by atoms with E-state index in [2.05, 4.69) is 10.3 Å². The SMILES string of the molecule is CNC(=O)C1(OC)CC1c1ccncc1. The molecule has 1 fully saturated rings. The smallest absolute Gasteiger partial charge is 0.252 e. The number of rotatable bonds is 3. The third kappa shape index (κ3) is 1.51. The van der Waals surface area contributed by atoms with Crippen molar-refractivity contribution >= 4 is 5.91 Å². The van der Waals surface area contributed by atoms with Crippen LogP contribution in [0.4, 0.5) is 0 Å². The standard InChI is InChI=1S/C11H14N2O2/c1-12-10(14)11(15-2)7-9(11)8-3-5-13-6-4-8/h3-6,9H,7H2,1-2H3,(H,12,14). The summed E-state index contributed by atoms with van der Waals surface area (Å²) < 4.78 is 5.34. The van der Waals surface area contributed by atoms with Gasteiger partial charge in [-0.2, -0.15) is 0 Å². The molecule has 0 aliphatic heterocycles. The molecule has 0 saturated heterocycles. The number of likely N-dealkylation sites (N-methyl/N-ethyl adjacent to an activating group) is 1. The number of hydrogen-bond donors (Lipinski definition) is 1. The summed E-state index contributed by atoms with van der Waals surface area (Å²) in [4.78, 5) is 15.6. The number of aromatic nitrogens is 1. The van der Waals surface area contributed by atoms with Crippen LogP contribution in [0.3, 0.4) is 0 Å². The first-order chi connectivity index (χ1) is 7.24. The van der Waals surface area contributed by atoms with E-state index < -0.39 is 5.60 Å². The lowest BCUT2D eigenvalue weighted by molar-refractivity contribution is -0.133. The maximum Gasteiger partial charge on any atom is 0.252 e. The predicted octanol–water partition coefficient (Wildman–Crippen LogP) is 0.700. The Morgan fingerprint density at radius 2 is 2.27 bits per heavy atom. The Bertz CT molecular complexity index is 366. The lowest BCUT2D eigenvalue weighted by Crippen LogP contribution is -2.36. The Hall–Kier alpha value is -1.42. The van der Waals surface area contributed by atoms with E-state index >= 15 is 0 Å². The third-order valence-electron chi connectivity index (χ3n) is 2.99. The van der Waals surface area contributed by atoms with Crippen LogP contribution in [0.25, 0.3) is 0 Å². The molecule has 1 N–H and O–H groups in total. The highest BCUT2D eigenvalue weighted by Crippen LogP contribution is 2.53. The molecule has 1 aromatic heterocycles. The molecule has 0 spiro atoms. The largest absolute Gasteiger partial charge is 0.368 e. The van der Waals surface area contributed by atoms with Crippen molar-refractivity contribution in [2.75, 3.05) is 14.2 Å². The van der Waals surface area contributed by atoms with Gasteiger partial charge in [0.25, 0.3) is 5.91 Å². The molecule has 1 saturated carbocycles. The van der Waals surface area contributed by atoms with Crippen molar-refractivity contribution in [3.05, 3.63) is 30.1 Å². The molecular weight excluding hydrogens is 192 g/mol. The van der Waals surface area contributed by atoms with Gasteiger partial charge in [0, 0.05) is 32.5 Å². The van der Waals surface area contributed by atoms with E-state index in [1.807, 2.05) is 12.1 Å². The van der Waals surface area contributed by atoms with Gasteiger partial charge in [0.15, 0.2) is 5.60 Å². The lowest BCUT2D eigenvalue weighted by atomic mass is 10.1. The lowest BCUT2D eigenvalue weighted by Gasteiger charge is -2.13. The fraction of sp³-hybridized carbons (Fsp3) is 0.455. The summed E-state index contributed by atoms with van der Waals surface area (Å²) in [5, 5.41) is 2.64. The van der Waals surface area contributed by atoms with Gasteiger partial charge in [-0.3, -0.25) is 9.78 Å².